The summed E-state index contributed by atoms with van der Waals surface area (Å²) in [6.07, 6.45) is 0. The van der Waals surface area contributed by atoms with Crippen molar-refractivity contribution in [1.82, 2.24) is 9.21 Å². The number of sulfonamides is 1. The fraction of sp³-hybridized carbons (Fsp3) is 0.381. The first-order chi connectivity index (χ1) is 15.3. The minimum absolute atomic E-state index is 0.114. The molecule has 10 nitrogen and oxygen atoms in total. The van der Waals surface area contributed by atoms with Crippen molar-refractivity contribution in [2.45, 2.75) is 12.7 Å². The van der Waals surface area contributed by atoms with Crippen LogP contribution in [-0.2, 0) is 15.8 Å². The van der Waals surface area contributed by atoms with Gasteiger partial charge in [-0.2, -0.15) is 4.31 Å². The highest BCUT2D eigenvalue weighted by Gasteiger charge is 2.33. The fourth-order valence-corrected chi connectivity index (χ4v) is 5.03. The number of rotatable bonds is 8. The Bertz CT molecular complexity index is 1080. The van der Waals surface area contributed by atoms with E-state index < -0.39 is 26.5 Å². The number of hydrogen-bond acceptors (Lipinski definition) is 7. The zero-order chi connectivity index (χ0) is 23.3. The van der Waals surface area contributed by atoms with Crippen LogP contribution >= 0.6 is 0 Å². The monoisotopic (exact) mass is 463 g/mol. The average Bonchev–Trinajstić information content (AvgIpc) is 2.79. The maximum atomic E-state index is 13.1. The summed E-state index contributed by atoms with van der Waals surface area (Å²) in [6.45, 7) is 2.49. The third-order valence-corrected chi connectivity index (χ3v) is 6.97. The van der Waals surface area contributed by atoms with Crippen LogP contribution in [0.15, 0.2) is 42.5 Å². The molecule has 0 atom stereocenters. The third kappa shape index (κ3) is 5.17. The molecule has 0 unspecified atom stereocenters. The average molecular weight is 464 g/mol. The number of carbonyl (C=O) groups excluding carboxylic acids is 1. The summed E-state index contributed by atoms with van der Waals surface area (Å²) in [7, 11) is -2.16. The predicted octanol–water partition coefficient (Wildman–Crippen LogP) is 2.29. The zero-order valence-electron chi connectivity index (χ0n) is 17.9. The first kappa shape index (κ1) is 23.5. The van der Waals surface area contributed by atoms with Gasteiger partial charge in [-0.25, -0.2) is 8.42 Å². The Balaban J connectivity index is 1.76. The number of benzene rings is 2. The molecule has 1 saturated heterocycles. The Morgan fingerprint density at radius 3 is 2.31 bits per heavy atom. The van der Waals surface area contributed by atoms with Crippen LogP contribution in [0.2, 0.25) is 0 Å². The number of amides is 1. The molecule has 11 heteroatoms. The molecule has 0 aliphatic carbocycles. The Morgan fingerprint density at radius 2 is 1.75 bits per heavy atom. The molecule has 1 amide bonds. The van der Waals surface area contributed by atoms with E-state index in [4.69, 9.17) is 9.47 Å². The summed E-state index contributed by atoms with van der Waals surface area (Å²) >= 11 is 0. The molecule has 0 N–H and O–H groups in total. The molecule has 0 radical (unpaired) electrons. The maximum Gasteiger partial charge on any atom is 0.286 e. The summed E-state index contributed by atoms with van der Waals surface area (Å²) < 4.78 is 37.4. The minimum Gasteiger partial charge on any atom is -0.493 e. The molecule has 0 bridgehead atoms. The number of piperazine rings is 1. The van der Waals surface area contributed by atoms with Crippen LogP contribution in [0.4, 0.5) is 5.69 Å². The number of nitrogens with zero attached hydrogens (tertiary/aromatic N) is 3. The van der Waals surface area contributed by atoms with Gasteiger partial charge in [0.1, 0.15) is 5.56 Å². The Morgan fingerprint density at radius 1 is 1.09 bits per heavy atom. The smallest absolute Gasteiger partial charge is 0.286 e. The summed E-state index contributed by atoms with van der Waals surface area (Å²) in [6, 6.07) is 11.3. The minimum atomic E-state index is -3.54. The van der Waals surface area contributed by atoms with Crippen LogP contribution in [0, 0.1) is 10.1 Å². The molecule has 3 rings (SSSR count). The van der Waals surface area contributed by atoms with E-state index in [1.54, 1.807) is 31.2 Å². The van der Waals surface area contributed by atoms with Crippen molar-refractivity contribution < 1.29 is 27.6 Å². The molecule has 1 heterocycles. The van der Waals surface area contributed by atoms with Crippen LogP contribution in [-0.4, -0.2) is 68.3 Å². The van der Waals surface area contributed by atoms with E-state index in [-0.39, 0.29) is 55.6 Å². The second-order valence-corrected chi connectivity index (χ2v) is 9.11. The maximum absolute atomic E-state index is 13.1. The summed E-state index contributed by atoms with van der Waals surface area (Å²) in [4.78, 5) is 25.4. The lowest BCUT2D eigenvalue weighted by molar-refractivity contribution is -0.385. The highest BCUT2D eigenvalue weighted by Crippen LogP contribution is 2.35. The number of nitro groups is 1. The molecule has 0 aromatic heterocycles. The van der Waals surface area contributed by atoms with Crippen molar-refractivity contribution in [2.75, 3.05) is 39.9 Å². The number of ether oxygens (including phenoxy) is 2. The Labute approximate surface area is 186 Å². The van der Waals surface area contributed by atoms with Gasteiger partial charge in [0, 0.05) is 32.2 Å². The number of methoxy groups -OCH3 is 1. The van der Waals surface area contributed by atoms with Crippen molar-refractivity contribution in [2.24, 2.45) is 0 Å². The highest BCUT2D eigenvalue weighted by molar-refractivity contribution is 7.88. The molecule has 0 spiro atoms. The normalized spacial score (nSPS) is 14.8. The van der Waals surface area contributed by atoms with Gasteiger partial charge >= 0.3 is 0 Å². The number of nitro benzene ring substituents is 1. The van der Waals surface area contributed by atoms with Crippen molar-refractivity contribution in [3.05, 3.63) is 63.7 Å². The van der Waals surface area contributed by atoms with Crippen LogP contribution in [0.25, 0.3) is 0 Å². The van der Waals surface area contributed by atoms with E-state index in [1.807, 2.05) is 6.07 Å². The molecular formula is C21H25N3O7S. The van der Waals surface area contributed by atoms with E-state index in [1.165, 1.54) is 28.4 Å². The topological polar surface area (TPSA) is 119 Å². The van der Waals surface area contributed by atoms with E-state index in [2.05, 4.69) is 0 Å². The summed E-state index contributed by atoms with van der Waals surface area (Å²) in [5.41, 5.74) is 0.164. The largest absolute Gasteiger partial charge is 0.493 e. The van der Waals surface area contributed by atoms with Crippen LogP contribution in [0.3, 0.4) is 0 Å². The van der Waals surface area contributed by atoms with Crippen molar-refractivity contribution in [3.8, 4) is 11.5 Å². The summed E-state index contributed by atoms with van der Waals surface area (Å²) in [5, 5.41) is 11.6. The van der Waals surface area contributed by atoms with E-state index >= 15 is 0 Å². The molecule has 1 aliphatic heterocycles. The number of carbonyl (C=O) groups is 1. The van der Waals surface area contributed by atoms with E-state index in [0.717, 1.165) is 0 Å². The van der Waals surface area contributed by atoms with Gasteiger partial charge in [-0.1, -0.05) is 30.3 Å². The van der Waals surface area contributed by atoms with Crippen molar-refractivity contribution in [1.29, 1.82) is 0 Å². The molecule has 2 aromatic carbocycles. The zero-order valence-corrected chi connectivity index (χ0v) is 18.7. The molecule has 172 valence electrons. The van der Waals surface area contributed by atoms with Crippen molar-refractivity contribution >= 4 is 21.6 Å². The van der Waals surface area contributed by atoms with E-state index in [0.29, 0.717) is 5.56 Å². The second-order valence-electron chi connectivity index (χ2n) is 7.14. The molecular weight excluding hydrogens is 438 g/mol. The number of hydrogen-bond donors (Lipinski definition) is 0. The van der Waals surface area contributed by atoms with Crippen LogP contribution < -0.4 is 9.47 Å². The SMILES string of the molecule is CCOc1cc([N+](=O)[O-])c(C(=O)N2CCN(S(=O)(=O)Cc3ccccc3)CC2)cc1OC. The first-order valence-corrected chi connectivity index (χ1v) is 11.7. The van der Waals surface area contributed by atoms with Crippen molar-refractivity contribution in [3.63, 3.8) is 0 Å². The standard InChI is InChI=1S/C21H25N3O7S/c1-3-31-20-14-18(24(26)27)17(13-19(20)30-2)21(25)22-9-11-23(12-10-22)32(28,29)15-16-7-5-4-6-8-16/h4-8,13-14H,3,9-12,15H2,1-2H3. The van der Waals surface area contributed by atoms with E-state index in [9.17, 15) is 23.3 Å². The quantitative estimate of drug-likeness (QED) is 0.435. The first-order valence-electron chi connectivity index (χ1n) is 10.1. The van der Waals surface area contributed by atoms with Crippen LogP contribution in [0.1, 0.15) is 22.8 Å². The van der Waals surface area contributed by atoms with Gasteiger partial charge in [0.05, 0.1) is 30.5 Å². The Kier molecular flexibility index (Phi) is 7.31. The second kappa shape index (κ2) is 9.96. The molecule has 0 saturated carbocycles. The van der Waals surface area contributed by atoms with Gasteiger partial charge in [0.15, 0.2) is 11.5 Å². The third-order valence-electron chi connectivity index (χ3n) is 5.12. The van der Waals surface area contributed by atoms with Gasteiger partial charge in [0.25, 0.3) is 11.6 Å². The Hall–Kier alpha value is -3.18. The lowest BCUT2D eigenvalue weighted by Crippen LogP contribution is -2.50. The summed E-state index contributed by atoms with van der Waals surface area (Å²) in [5.74, 6) is -0.290. The lowest BCUT2D eigenvalue weighted by Gasteiger charge is -2.34. The lowest BCUT2D eigenvalue weighted by atomic mass is 10.1. The van der Waals surface area contributed by atoms with Gasteiger partial charge < -0.3 is 14.4 Å². The highest BCUT2D eigenvalue weighted by atomic mass is 32.2. The molecule has 1 aliphatic rings. The molecule has 32 heavy (non-hydrogen) atoms. The predicted molar refractivity (Wildman–Crippen MR) is 117 cm³/mol. The van der Waals surface area contributed by atoms with Gasteiger partial charge in [-0.15, -0.1) is 0 Å². The van der Waals surface area contributed by atoms with Gasteiger partial charge in [0.2, 0.25) is 10.0 Å². The molecule has 2 aromatic rings. The van der Waals surface area contributed by atoms with Crippen LogP contribution in [0.5, 0.6) is 11.5 Å². The van der Waals surface area contributed by atoms with Gasteiger partial charge in [-0.05, 0) is 12.5 Å². The molecule has 1 fully saturated rings. The fourth-order valence-electron chi connectivity index (χ4n) is 3.52. The van der Waals surface area contributed by atoms with Gasteiger partial charge in [-0.3, -0.25) is 14.9 Å².